The summed E-state index contributed by atoms with van der Waals surface area (Å²) in [6.45, 7) is 2.19. The number of nitrogens with zero attached hydrogens (tertiary/aromatic N) is 3. The van der Waals surface area contributed by atoms with Gasteiger partial charge in [-0.15, -0.1) is 0 Å². The van der Waals surface area contributed by atoms with Crippen molar-refractivity contribution in [3.05, 3.63) is 23.5 Å². The molecule has 0 radical (unpaired) electrons. The van der Waals surface area contributed by atoms with Crippen molar-refractivity contribution in [2.24, 2.45) is 0 Å². The van der Waals surface area contributed by atoms with E-state index in [1.54, 1.807) is 13.3 Å². The highest BCUT2D eigenvalue weighted by atomic mass is 16.5. The molecule has 4 heteroatoms. The number of hydrogen-bond acceptors (Lipinski definition) is 4. The van der Waals surface area contributed by atoms with Gasteiger partial charge in [0, 0.05) is 11.6 Å². The number of piperidine rings is 1. The molecule has 1 aromatic rings. The van der Waals surface area contributed by atoms with Crippen LogP contribution in [0.3, 0.4) is 0 Å². The first kappa shape index (κ1) is 11.9. The minimum atomic E-state index is 0.476. The summed E-state index contributed by atoms with van der Waals surface area (Å²) < 4.78 is 5.10. The van der Waals surface area contributed by atoms with Gasteiger partial charge in [0.1, 0.15) is 6.07 Å². The van der Waals surface area contributed by atoms with Gasteiger partial charge in [0.05, 0.1) is 18.9 Å². The zero-order valence-corrected chi connectivity index (χ0v) is 10.3. The van der Waals surface area contributed by atoms with Crippen LogP contribution in [0.2, 0.25) is 0 Å². The molecule has 2 heterocycles. The van der Waals surface area contributed by atoms with E-state index in [4.69, 9.17) is 10.00 Å². The van der Waals surface area contributed by atoms with E-state index in [1.165, 1.54) is 0 Å². The summed E-state index contributed by atoms with van der Waals surface area (Å²) in [7, 11) is 3.70. The standard InChI is InChI=1S/C13H17N3O/c1-16-5-3-10(4-6-16)12-7-11(8-14)13(17-2)9-15-12/h7,9-10H,3-6H2,1-2H3. The highest BCUT2D eigenvalue weighted by Crippen LogP contribution is 2.28. The van der Waals surface area contributed by atoms with Gasteiger partial charge in [0.15, 0.2) is 5.75 Å². The average Bonchev–Trinajstić information content (AvgIpc) is 2.39. The van der Waals surface area contributed by atoms with Crippen LogP contribution >= 0.6 is 0 Å². The van der Waals surface area contributed by atoms with Crippen molar-refractivity contribution < 1.29 is 4.74 Å². The number of hydrogen-bond donors (Lipinski definition) is 0. The third kappa shape index (κ3) is 2.56. The zero-order valence-electron chi connectivity index (χ0n) is 10.3. The van der Waals surface area contributed by atoms with Crippen LogP contribution < -0.4 is 4.74 Å². The Kier molecular flexibility index (Phi) is 3.60. The van der Waals surface area contributed by atoms with E-state index in [0.717, 1.165) is 31.6 Å². The molecule has 90 valence electrons. The number of pyridine rings is 1. The quantitative estimate of drug-likeness (QED) is 0.778. The minimum absolute atomic E-state index is 0.476. The third-order valence-electron chi connectivity index (χ3n) is 3.37. The molecule has 0 aliphatic carbocycles. The van der Waals surface area contributed by atoms with Crippen molar-refractivity contribution in [3.8, 4) is 11.8 Å². The SMILES string of the molecule is COc1cnc(C2CCN(C)CC2)cc1C#N. The Bertz CT molecular complexity index is 431. The zero-order chi connectivity index (χ0) is 12.3. The second-order valence-corrected chi connectivity index (χ2v) is 4.50. The van der Waals surface area contributed by atoms with Crippen molar-refractivity contribution in [3.63, 3.8) is 0 Å². The Balaban J connectivity index is 2.19. The van der Waals surface area contributed by atoms with Gasteiger partial charge in [-0.25, -0.2) is 0 Å². The van der Waals surface area contributed by atoms with Gasteiger partial charge in [-0.05, 0) is 39.0 Å². The van der Waals surface area contributed by atoms with Gasteiger partial charge >= 0.3 is 0 Å². The molecule has 0 N–H and O–H groups in total. The second-order valence-electron chi connectivity index (χ2n) is 4.50. The molecule has 0 spiro atoms. The second kappa shape index (κ2) is 5.15. The van der Waals surface area contributed by atoms with E-state index < -0.39 is 0 Å². The first-order valence-corrected chi connectivity index (χ1v) is 5.87. The maximum absolute atomic E-state index is 9.05. The number of likely N-dealkylation sites (tertiary alicyclic amines) is 1. The maximum Gasteiger partial charge on any atom is 0.154 e. The number of methoxy groups -OCH3 is 1. The molecule has 0 saturated carbocycles. The Morgan fingerprint density at radius 1 is 1.47 bits per heavy atom. The van der Waals surface area contributed by atoms with Crippen molar-refractivity contribution in [1.82, 2.24) is 9.88 Å². The average molecular weight is 231 g/mol. The summed E-state index contributed by atoms with van der Waals surface area (Å²) >= 11 is 0. The van der Waals surface area contributed by atoms with E-state index >= 15 is 0 Å². The first-order valence-electron chi connectivity index (χ1n) is 5.87. The van der Waals surface area contributed by atoms with Gasteiger partial charge in [-0.2, -0.15) is 5.26 Å². The van der Waals surface area contributed by atoms with Gasteiger partial charge in [-0.1, -0.05) is 0 Å². The summed E-state index contributed by atoms with van der Waals surface area (Å²) in [5, 5.41) is 9.05. The lowest BCUT2D eigenvalue weighted by molar-refractivity contribution is 0.253. The predicted octanol–water partition coefficient (Wildman–Crippen LogP) is 1.77. The molecule has 1 aliphatic rings. The number of aromatic nitrogens is 1. The smallest absolute Gasteiger partial charge is 0.154 e. The highest BCUT2D eigenvalue weighted by Gasteiger charge is 2.20. The lowest BCUT2D eigenvalue weighted by Gasteiger charge is -2.28. The van der Waals surface area contributed by atoms with Crippen molar-refractivity contribution >= 4 is 0 Å². The fraction of sp³-hybridized carbons (Fsp3) is 0.538. The van der Waals surface area contributed by atoms with Crippen LogP contribution in [0.1, 0.15) is 30.0 Å². The van der Waals surface area contributed by atoms with Crippen molar-refractivity contribution in [2.75, 3.05) is 27.2 Å². The lowest BCUT2D eigenvalue weighted by Crippen LogP contribution is -2.29. The molecule has 1 fully saturated rings. The van der Waals surface area contributed by atoms with Gasteiger partial charge in [0.2, 0.25) is 0 Å². The molecular formula is C13H17N3O. The molecule has 1 saturated heterocycles. The van der Waals surface area contributed by atoms with Crippen LogP contribution in [0.15, 0.2) is 12.3 Å². The summed E-state index contributed by atoms with van der Waals surface area (Å²) in [6.07, 6.45) is 3.88. The van der Waals surface area contributed by atoms with E-state index in [9.17, 15) is 0 Å². The van der Waals surface area contributed by atoms with Gasteiger partial charge in [0.25, 0.3) is 0 Å². The maximum atomic E-state index is 9.05. The van der Waals surface area contributed by atoms with Crippen molar-refractivity contribution in [2.45, 2.75) is 18.8 Å². The summed E-state index contributed by atoms with van der Waals surface area (Å²) in [6, 6.07) is 4.03. The Morgan fingerprint density at radius 3 is 2.76 bits per heavy atom. The van der Waals surface area contributed by atoms with Crippen LogP contribution in [0, 0.1) is 11.3 Å². The minimum Gasteiger partial charge on any atom is -0.494 e. The largest absolute Gasteiger partial charge is 0.494 e. The third-order valence-corrected chi connectivity index (χ3v) is 3.37. The van der Waals surface area contributed by atoms with Crippen molar-refractivity contribution in [1.29, 1.82) is 5.26 Å². The summed E-state index contributed by atoms with van der Waals surface area (Å²) in [5.41, 5.74) is 1.60. The van der Waals surface area contributed by atoms with E-state index in [0.29, 0.717) is 17.2 Å². The predicted molar refractivity (Wildman–Crippen MR) is 65.0 cm³/mol. The Hall–Kier alpha value is -1.60. The van der Waals surface area contributed by atoms with E-state index in [-0.39, 0.29) is 0 Å². The van der Waals surface area contributed by atoms with E-state index in [2.05, 4.69) is 23.0 Å². The lowest BCUT2D eigenvalue weighted by atomic mass is 9.92. The molecule has 0 bridgehead atoms. The fourth-order valence-corrected chi connectivity index (χ4v) is 2.24. The topological polar surface area (TPSA) is 49.1 Å². The number of rotatable bonds is 2. The van der Waals surface area contributed by atoms with Crippen LogP contribution in [-0.4, -0.2) is 37.1 Å². The van der Waals surface area contributed by atoms with Crippen LogP contribution in [0.5, 0.6) is 5.75 Å². The van der Waals surface area contributed by atoms with E-state index in [1.807, 2.05) is 6.07 Å². The molecule has 1 aliphatic heterocycles. The molecule has 0 amide bonds. The number of ether oxygens (including phenoxy) is 1. The normalized spacial score (nSPS) is 17.7. The summed E-state index contributed by atoms with van der Waals surface area (Å²) in [4.78, 5) is 6.74. The highest BCUT2D eigenvalue weighted by molar-refractivity contribution is 5.42. The number of nitriles is 1. The van der Waals surface area contributed by atoms with Crippen LogP contribution in [0.25, 0.3) is 0 Å². The summed E-state index contributed by atoms with van der Waals surface area (Å²) in [5.74, 6) is 1.04. The molecular weight excluding hydrogens is 214 g/mol. The Morgan fingerprint density at radius 2 is 2.18 bits per heavy atom. The molecule has 2 rings (SSSR count). The first-order chi connectivity index (χ1) is 8.24. The monoisotopic (exact) mass is 231 g/mol. The Labute approximate surface area is 102 Å². The molecule has 0 unspecified atom stereocenters. The fourth-order valence-electron chi connectivity index (χ4n) is 2.24. The molecule has 0 aromatic carbocycles. The van der Waals surface area contributed by atoms with Gasteiger partial charge < -0.3 is 9.64 Å². The molecule has 1 aromatic heterocycles. The van der Waals surface area contributed by atoms with Gasteiger partial charge in [-0.3, -0.25) is 4.98 Å². The molecule has 4 nitrogen and oxygen atoms in total. The molecule has 17 heavy (non-hydrogen) atoms. The van der Waals surface area contributed by atoms with Crippen LogP contribution in [-0.2, 0) is 0 Å². The van der Waals surface area contributed by atoms with Crippen LogP contribution in [0.4, 0.5) is 0 Å². The molecule has 0 atom stereocenters.